The quantitative estimate of drug-likeness (QED) is 0.819. The van der Waals surface area contributed by atoms with E-state index in [1.54, 1.807) is 6.08 Å². The number of aliphatic carboxylic acids is 1. The first kappa shape index (κ1) is 15.8. The number of rotatable bonds is 4. The molecule has 2 rings (SSSR count). The van der Waals surface area contributed by atoms with Gasteiger partial charge in [-0.05, 0) is 49.5 Å². The van der Waals surface area contributed by atoms with Crippen LogP contribution in [0.5, 0.6) is 0 Å². The number of hydrogen-bond acceptors (Lipinski definition) is 2. The van der Waals surface area contributed by atoms with Gasteiger partial charge in [0.15, 0.2) is 0 Å². The van der Waals surface area contributed by atoms with Gasteiger partial charge in [-0.15, -0.1) is 0 Å². The standard InChI is InChI=1S/C16H18BrNO3/c1-10-2-3-11(14(17)8-10)5-7-15(19)18-13-6-4-12(9-13)16(20)21/h2-3,5,7-8,12-13H,4,6,9H2,1H3,(H,18,19)(H,20,21). The van der Waals surface area contributed by atoms with Crippen LogP contribution in [0.3, 0.4) is 0 Å². The van der Waals surface area contributed by atoms with E-state index in [0.717, 1.165) is 22.0 Å². The van der Waals surface area contributed by atoms with E-state index in [1.807, 2.05) is 25.1 Å². The molecular formula is C16H18BrNO3. The molecule has 21 heavy (non-hydrogen) atoms. The molecule has 1 amide bonds. The lowest BCUT2D eigenvalue weighted by Crippen LogP contribution is -2.31. The van der Waals surface area contributed by atoms with Crippen LogP contribution in [0.25, 0.3) is 6.08 Å². The number of carbonyl (C=O) groups is 2. The summed E-state index contributed by atoms with van der Waals surface area (Å²) >= 11 is 3.46. The first-order valence-electron chi connectivity index (χ1n) is 6.93. The van der Waals surface area contributed by atoms with Gasteiger partial charge in [-0.2, -0.15) is 0 Å². The van der Waals surface area contributed by atoms with Crippen LogP contribution in [-0.4, -0.2) is 23.0 Å². The Balaban J connectivity index is 1.90. The summed E-state index contributed by atoms with van der Waals surface area (Å²) in [5, 5.41) is 11.8. The van der Waals surface area contributed by atoms with Gasteiger partial charge in [0.2, 0.25) is 5.91 Å². The summed E-state index contributed by atoms with van der Waals surface area (Å²) in [5.41, 5.74) is 2.08. The van der Waals surface area contributed by atoms with Crippen molar-refractivity contribution in [1.29, 1.82) is 0 Å². The summed E-state index contributed by atoms with van der Waals surface area (Å²) < 4.78 is 0.943. The van der Waals surface area contributed by atoms with E-state index >= 15 is 0 Å². The predicted molar refractivity (Wildman–Crippen MR) is 84.8 cm³/mol. The average molecular weight is 352 g/mol. The Morgan fingerprint density at radius 3 is 2.76 bits per heavy atom. The van der Waals surface area contributed by atoms with Crippen LogP contribution in [0, 0.1) is 12.8 Å². The Morgan fingerprint density at radius 2 is 2.14 bits per heavy atom. The van der Waals surface area contributed by atoms with Crippen molar-refractivity contribution in [2.75, 3.05) is 0 Å². The summed E-state index contributed by atoms with van der Waals surface area (Å²) in [6, 6.07) is 5.88. The Hall–Kier alpha value is -1.62. The molecule has 2 atom stereocenters. The SMILES string of the molecule is Cc1ccc(C=CC(=O)NC2CCC(C(=O)O)C2)c(Br)c1. The first-order valence-corrected chi connectivity index (χ1v) is 7.72. The summed E-state index contributed by atoms with van der Waals surface area (Å²) in [5.74, 6) is -1.28. The average Bonchev–Trinajstić information content (AvgIpc) is 2.86. The van der Waals surface area contributed by atoms with Gasteiger partial charge in [0, 0.05) is 16.6 Å². The molecular weight excluding hydrogens is 334 g/mol. The smallest absolute Gasteiger partial charge is 0.306 e. The Kier molecular flexibility index (Phi) is 5.17. The number of halogens is 1. The van der Waals surface area contributed by atoms with Crippen LogP contribution in [0.1, 0.15) is 30.4 Å². The molecule has 1 fully saturated rings. The highest BCUT2D eigenvalue weighted by Crippen LogP contribution is 2.25. The molecule has 112 valence electrons. The molecule has 2 unspecified atom stereocenters. The van der Waals surface area contributed by atoms with Crippen LogP contribution in [-0.2, 0) is 9.59 Å². The fraction of sp³-hybridized carbons (Fsp3) is 0.375. The molecule has 1 aromatic rings. The highest BCUT2D eigenvalue weighted by atomic mass is 79.9. The second-order valence-electron chi connectivity index (χ2n) is 5.41. The molecule has 1 aromatic carbocycles. The van der Waals surface area contributed by atoms with Crippen molar-refractivity contribution in [2.24, 2.45) is 5.92 Å². The molecule has 1 aliphatic carbocycles. The van der Waals surface area contributed by atoms with Crippen molar-refractivity contribution in [3.63, 3.8) is 0 Å². The van der Waals surface area contributed by atoms with Crippen molar-refractivity contribution in [3.05, 3.63) is 39.9 Å². The van der Waals surface area contributed by atoms with Gasteiger partial charge in [-0.25, -0.2) is 0 Å². The summed E-state index contributed by atoms with van der Waals surface area (Å²) in [7, 11) is 0. The van der Waals surface area contributed by atoms with Crippen molar-refractivity contribution in [1.82, 2.24) is 5.32 Å². The van der Waals surface area contributed by atoms with E-state index in [0.29, 0.717) is 12.8 Å². The van der Waals surface area contributed by atoms with Crippen molar-refractivity contribution in [2.45, 2.75) is 32.2 Å². The molecule has 0 aliphatic heterocycles. The Morgan fingerprint density at radius 1 is 1.38 bits per heavy atom. The van der Waals surface area contributed by atoms with E-state index in [4.69, 9.17) is 5.11 Å². The lowest BCUT2D eigenvalue weighted by atomic mass is 10.1. The number of aryl methyl sites for hydroxylation is 1. The molecule has 1 aliphatic rings. The maximum atomic E-state index is 11.9. The van der Waals surface area contributed by atoms with E-state index in [-0.39, 0.29) is 17.9 Å². The monoisotopic (exact) mass is 351 g/mol. The number of carbonyl (C=O) groups excluding carboxylic acids is 1. The molecule has 0 spiro atoms. The lowest BCUT2D eigenvalue weighted by Gasteiger charge is -2.10. The van der Waals surface area contributed by atoms with Crippen molar-refractivity contribution >= 4 is 33.9 Å². The predicted octanol–water partition coefficient (Wildman–Crippen LogP) is 3.14. The van der Waals surface area contributed by atoms with Gasteiger partial charge in [0.05, 0.1) is 5.92 Å². The summed E-state index contributed by atoms with van der Waals surface area (Å²) in [6.45, 7) is 2.00. The van der Waals surface area contributed by atoms with Crippen molar-refractivity contribution in [3.8, 4) is 0 Å². The zero-order valence-corrected chi connectivity index (χ0v) is 13.4. The van der Waals surface area contributed by atoms with Crippen LogP contribution in [0.15, 0.2) is 28.7 Å². The summed E-state index contributed by atoms with van der Waals surface area (Å²) in [4.78, 5) is 22.7. The molecule has 0 bridgehead atoms. The van der Waals surface area contributed by atoms with Gasteiger partial charge >= 0.3 is 5.97 Å². The van der Waals surface area contributed by atoms with E-state index in [9.17, 15) is 9.59 Å². The normalized spacial score (nSPS) is 21.6. The second kappa shape index (κ2) is 6.89. The molecule has 0 aromatic heterocycles. The third kappa shape index (κ3) is 4.43. The van der Waals surface area contributed by atoms with E-state index < -0.39 is 5.97 Å². The zero-order valence-electron chi connectivity index (χ0n) is 11.8. The third-order valence-corrected chi connectivity index (χ3v) is 4.39. The zero-order chi connectivity index (χ0) is 15.4. The van der Waals surface area contributed by atoms with Crippen LogP contribution >= 0.6 is 15.9 Å². The second-order valence-corrected chi connectivity index (χ2v) is 6.27. The maximum absolute atomic E-state index is 11.9. The minimum absolute atomic E-state index is 0.0373. The molecule has 2 N–H and O–H groups in total. The molecule has 4 nitrogen and oxygen atoms in total. The lowest BCUT2D eigenvalue weighted by molar-refractivity contribution is -0.141. The molecule has 1 saturated carbocycles. The minimum atomic E-state index is -0.772. The molecule has 5 heteroatoms. The number of benzene rings is 1. The van der Waals surface area contributed by atoms with Crippen LogP contribution in [0.4, 0.5) is 0 Å². The number of nitrogens with one attached hydrogen (secondary N) is 1. The third-order valence-electron chi connectivity index (χ3n) is 3.70. The number of carboxylic acid groups (broad SMARTS) is 1. The fourth-order valence-corrected chi connectivity index (χ4v) is 3.14. The fourth-order valence-electron chi connectivity index (χ4n) is 2.52. The van der Waals surface area contributed by atoms with E-state index in [2.05, 4.69) is 21.2 Å². The number of amides is 1. The Labute approximate surface area is 132 Å². The van der Waals surface area contributed by atoms with Gasteiger partial charge in [0.1, 0.15) is 0 Å². The minimum Gasteiger partial charge on any atom is -0.481 e. The van der Waals surface area contributed by atoms with Gasteiger partial charge in [-0.1, -0.05) is 28.1 Å². The molecule has 0 heterocycles. The molecule has 0 radical (unpaired) electrons. The van der Waals surface area contributed by atoms with Crippen molar-refractivity contribution < 1.29 is 14.7 Å². The maximum Gasteiger partial charge on any atom is 0.306 e. The van der Waals surface area contributed by atoms with Gasteiger partial charge in [0.25, 0.3) is 0 Å². The topological polar surface area (TPSA) is 66.4 Å². The van der Waals surface area contributed by atoms with E-state index in [1.165, 1.54) is 6.08 Å². The van der Waals surface area contributed by atoms with Gasteiger partial charge in [-0.3, -0.25) is 9.59 Å². The summed E-state index contributed by atoms with van der Waals surface area (Å²) in [6.07, 6.45) is 5.12. The van der Waals surface area contributed by atoms with Gasteiger partial charge < -0.3 is 10.4 Å². The van der Waals surface area contributed by atoms with Crippen LogP contribution < -0.4 is 5.32 Å². The molecule has 0 saturated heterocycles. The highest BCUT2D eigenvalue weighted by Gasteiger charge is 2.30. The highest BCUT2D eigenvalue weighted by molar-refractivity contribution is 9.10. The largest absolute Gasteiger partial charge is 0.481 e. The van der Waals surface area contributed by atoms with Crippen LogP contribution in [0.2, 0.25) is 0 Å². The number of carboxylic acids is 1. The Bertz CT molecular complexity index is 583. The number of hydrogen-bond donors (Lipinski definition) is 2. The first-order chi connectivity index (χ1) is 9.95.